The average molecular weight is 391 g/mol. The molecule has 2 rings (SSSR count). The maximum atomic E-state index is 12.1. The van der Waals surface area contributed by atoms with E-state index >= 15 is 0 Å². The molecule has 1 amide bonds. The maximum Gasteiger partial charge on any atom is 0.226 e. The molecule has 0 aromatic heterocycles. The number of anilines is 2. The van der Waals surface area contributed by atoms with Crippen molar-refractivity contribution in [1.82, 2.24) is 0 Å². The Kier molecular flexibility index (Phi) is 7.31. The Morgan fingerprint density at radius 3 is 2.59 bits per heavy atom. The van der Waals surface area contributed by atoms with Crippen molar-refractivity contribution in [3.63, 3.8) is 0 Å². The predicted molar refractivity (Wildman–Crippen MR) is 109 cm³/mol. The average Bonchev–Trinajstić information content (AvgIpc) is 2.65. The molecular weight excluding hydrogens is 368 g/mol. The molecule has 27 heavy (non-hydrogen) atoms. The van der Waals surface area contributed by atoms with Gasteiger partial charge in [-0.25, -0.2) is 0 Å². The van der Waals surface area contributed by atoms with Crippen molar-refractivity contribution in [2.24, 2.45) is 10.7 Å². The molecule has 0 aliphatic heterocycles. The third-order valence-electron chi connectivity index (χ3n) is 3.82. The van der Waals surface area contributed by atoms with Gasteiger partial charge in [-0.2, -0.15) is 0 Å². The van der Waals surface area contributed by atoms with Crippen molar-refractivity contribution in [1.29, 1.82) is 0 Å². The molecule has 0 saturated carbocycles. The number of aliphatic imine (C=N–C) groups is 1. The van der Waals surface area contributed by atoms with Crippen molar-refractivity contribution >= 4 is 34.8 Å². The van der Waals surface area contributed by atoms with Gasteiger partial charge in [0.1, 0.15) is 0 Å². The minimum Gasteiger partial charge on any atom is -0.493 e. The van der Waals surface area contributed by atoms with Crippen LogP contribution in [0.15, 0.2) is 41.4 Å². The lowest BCUT2D eigenvalue weighted by Gasteiger charge is -2.11. The van der Waals surface area contributed by atoms with Crippen LogP contribution in [0.2, 0.25) is 5.02 Å². The highest BCUT2D eigenvalue weighted by molar-refractivity contribution is 6.31. The topological polar surface area (TPSA) is 98.0 Å². The fourth-order valence-corrected chi connectivity index (χ4v) is 2.51. The number of guanidine groups is 1. The molecule has 144 valence electrons. The van der Waals surface area contributed by atoms with Gasteiger partial charge in [0, 0.05) is 28.9 Å². The van der Waals surface area contributed by atoms with E-state index in [0.717, 1.165) is 5.56 Å². The molecular formula is C19H23ClN4O3. The third kappa shape index (κ3) is 5.79. The monoisotopic (exact) mass is 390 g/mol. The SMILES string of the molecule is COc1ccc(NC(N)=NCCC(=O)Nc2cccc(Cl)c2C)cc1OC. The Bertz CT molecular complexity index is 840. The van der Waals surface area contributed by atoms with Crippen molar-refractivity contribution in [2.75, 3.05) is 31.4 Å². The fourth-order valence-electron chi connectivity index (χ4n) is 2.33. The van der Waals surface area contributed by atoms with E-state index in [1.54, 1.807) is 50.6 Å². The van der Waals surface area contributed by atoms with Gasteiger partial charge >= 0.3 is 0 Å². The first kappa shape index (κ1) is 20.4. The number of hydrogen-bond acceptors (Lipinski definition) is 4. The molecule has 0 aliphatic rings. The maximum absolute atomic E-state index is 12.1. The van der Waals surface area contributed by atoms with Crippen LogP contribution in [0.25, 0.3) is 0 Å². The van der Waals surface area contributed by atoms with E-state index in [1.807, 2.05) is 6.92 Å². The number of carbonyl (C=O) groups excluding carboxylic acids is 1. The molecule has 0 fully saturated rings. The van der Waals surface area contributed by atoms with E-state index in [1.165, 1.54) is 0 Å². The summed E-state index contributed by atoms with van der Waals surface area (Å²) in [7, 11) is 3.12. The number of methoxy groups -OCH3 is 2. The molecule has 0 unspecified atom stereocenters. The Hall–Kier alpha value is -2.93. The molecule has 2 aromatic carbocycles. The summed E-state index contributed by atoms with van der Waals surface area (Å²) in [5, 5.41) is 6.37. The van der Waals surface area contributed by atoms with Gasteiger partial charge in [-0.3, -0.25) is 9.79 Å². The van der Waals surface area contributed by atoms with E-state index in [2.05, 4.69) is 15.6 Å². The molecule has 0 atom stereocenters. The van der Waals surface area contributed by atoms with Gasteiger partial charge in [-0.1, -0.05) is 17.7 Å². The van der Waals surface area contributed by atoms with Crippen LogP contribution in [-0.4, -0.2) is 32.6 Å². The number of hydrogen-bond donors (Lipinski definition) is 3. The van der Waals surface area contributed by atoms with Gasteiger partial charge in [0.2, 0.25) is 5.91 Å². The smallest absolute Gasteiger partial charge is 0.226 e. The Morgan fingerprint density at radius 1 is 1.15 bits per heavy atom. The molecule has 2 aromatic rings. The largest absolute Gasteiger partial charge is 0.493 e. The highest BCUT2D eigenvalue weighted by atomic mass is 35.5. The molecule has 8 heteroatoms. The van der Waals surface area contributed by atoms with Crippen LogP contribution in [0.1, 0.15) is 12.0 Å². The number of nitrogens with two attached hydrogens (primary N) is 1. The normalized spacial score (nSPS) is 11.0. The van der Waals surface area contributed by atoms with E-state index in [4.69, 9.17) is 26.8 Å². The zero-order valence-electron chi connectivity index (χ0n) is 15.5. The summed E-state index contributed by atoms with van der Waals surface area (Å²) in [6, 6.07) is 10.7. The summed E-state index contributed by atoms with van der Waals surface area (Å²) in [5.41, 5.74) is 8.08. The second kappa shape index (κ2) is 9.68. The van der Waals surface area contributed by atoms with Gasteiger partial charge in [0.15, 0.2) is 17.5 Å². The lowest BCUT2D eigenvalue weighted by atomic mass is 10.2. The molecule has 0 spiro atoms. The Balaban J connectivity index is 1.88. The summed E-state index contributed by atoms with van der Waals surface area (Å²) in [6.07, 6.45) is 0.195. The summed E-state index contributed by atoms with van der Waals surface area (Å²) in [4.78, 5) is 16.2. The molecule has 7 nitrogen and oxygen atoms in total. The number of halogens is 1. The predicted octanol–water partition coefficient (Wildman–Crippen LogP) is 3.42. The third-order valence-corrected chi connectivity index (χ3v) is 4.23. The van der Waals surface area contributed by atoms with Crippen LogP contribution in [0.3, 0.4) is 0 Å². The number of amides is 1. The minimum atomic E-state index is -0.164. The van der Waals surface area contributed by atoms with Crippen LogP contribution in [0, 0.1) is 6.92 Å². The summed E-state index contributed by atoms with van der Waals surface area (Å²) in [6.45, 7) is 2.10. The highest BCUT2D eigenvalue weighted by Gasteiger charge is 2.07. The first-order valence-electron chi connectivity index (χ1n) is 8.28. The number of ether oxygens (including phenoxy) is 2. The first-order chi connectivity index (χ1) is 12.9. The first-order valence-corrected chi connectivity index (χ1v) is 8.66. The summed E-state index contributed by atoms with van der Waals surface area (Å²) in [5.74, 6) is 1.23. The number of carbonyl (C=O) groups is 1. The van der Waals surface area contributed by atoms with Crippen molar-refractivity contribution in [2.45, 2.75) is 13.3 Å². The molecule has 4 N–H and O–H groups in total. The number of rotatable bonds is 7. The number of nitrogens with one attached hydrogen (secondary N) is 2. The van der Waals surface area contributed by atoms with E-state index in [-0.39, 0.29) is 24.8 Å². The van der Waals surface area contributed by atoms with E-state index in [0.29, 0.717) is 27.9 Å². The summed E-state index contributed by atoms with van der Waals surface area (Å²) < 4.78 is 10.4. The van der Waals surface area contributed by atoms with Crippen LogP contribution in [0.5, 0.6) is 11.5 Å². The van der Waals surface area contributed by atoms with Crippen molar-refractivity contribution in [3.8, 4) is 11.5 Å². The molecule has 0 saturated heterocycles. The fraction of sp³-hybridized carbons (Fsp3) is 0.263. The summed E-state index contributed by atoms with van der Waals surface area (Å²) >= 11 is 6.05. The highest BCUT2D eigenvalue weighted by Crippen LogP contribution is 2.29. The van der Waals surface area contributed by atoms with Crippen LogP contribution < -0.4 is 25.8 Å². The van der Waals surface area contributed by atoms with E-state index in [9.17, 15) is 4.79 Å². The van der Waals surface area contributed by atoms with Crippen molar-refractivity contribution < 1.29 is 14.3 Å². The second-order valence-corrected chi connectivity index (χ2v) is 6.08. The minimum absolute atomic E-state index is 0.164. The van der Waals surface area contributed by atoms with E-state index < -0.39 is 0 Å². The van der Waals surface area contributed by atoms with Gasteiger partial charge in [0.05, 0.1) is 20.8 Å². The van der Waals surface area contributed by atoms with Crippen LogP contribution in [-0.2, 0) is 4.79 Å². The standard InChI is InChI=1S/C19H23ClN4O3/c1-12-14(20)5-4-6-15(12)24-18(25)9-10-22-19(21)23-13-7-8-16(26-2)17(11-13)27-3/h4-8,11H,9-10H2,1-3H3,(H,24,25)(H3,21,22,23). The lowest BCUT2D eigenvalue weighted by molar-refractivity contribution is -0.116. The Labute approximate surface area is 163 Å². The molecule has 0 aliphatic carbocycles. The molecule has 0 heterocycles. The van der Waals surface area contributed by atoms with Gasteiger partial charge < -0.3 is 25.8 Å². The van der Waals surface area contributed by atoms with Crippen molar-refractivity contribution in [3.05, 3.63) is 47.0 Å². The molecule has 0 radical (unpaired) electrons. The Morgan fingerprint density at radius 2 is 1.89 bits per heavy atom. The zero-order chi connectivity index (χ0) is 19.8. The second-order valence-electron chi connectivity index (χ2n) is 5.67. The number of benzene rings is 2. The zero-order valence-corrected chi connectivity index (χ0v) is 16.3. The van der Waals surface area contributed by atoms with Crippen LogP contribution in [0.4, 0.5) is 11.4 Å². The number of nitrogens with zero attached hydrogens (tertiary/aromatic N) is 1. The molecule has 0 bridgehead atoms. The van der Waals surface area contributed by atoms with Gasteiger partial charge in [0.25, 0.3) is 0 Å². The lowest BCUT2D eigenvalue weighted by Crippen LogP contribution is -2.23. The van der Waals surface area contributed by atoms with Gasteiger partial charge in [-0.05, 0) is 36.8 Å². The van der Waals surface area contributed by atoms with Gasteiger partial charge in [-0.15, -0.1) is 0 Å². The quantitative estimate of drug-likeness (QED) is 0.497. The van der Waals surface area contributed by atoms with Crippen LogP contribution >= 0.6 is 11.6 Å².